The van der Waals surface area contributed by atoms with Crippen LogP contribution >= 0.6 is 10.7 Å². The predicted molar refractivity (Wildman–Crippen MR) is 64.0 cm³/mol. The number of rotatable bonds is 3. The van der Waals surface area contributed by atoms with Gasteiger partial charge in [-0.2, -0.15) is 0 Å². The van der Waals surface area contributed by atoms with Gasteiger partial charge in [0.1, 0.15) is 5.82 Å². The molecule has 0 spiro atoms. The Hall–Kier alpha value is -1.14. The van der Waals surface area contributed by atoms with Crippen LogP contribution in [0, 0.1) is 5.82 Å². The first-order valence-corrected chi connectivity index (χ1v) is 7.37. The van der Waals surface area contributed by atoms with Crippen molar-refractivity contribution in [2.24, 2.45) is 7.05 Å². The molecule has 0 fully saturated rings. The lowest BCUT2D eigenvalue weighted by molar-refractivity contribution is 0.608. The zero-order chi connectivity index (χ0) is 12.6. The summed E-state index contributed by atoms with van der Waals surface area (Å²) >= 11 is 0. The van der Waals surface area contributed by atoms with Gasteiger partial charge in [-0.05, 0) is 6.07 Å². The van der Waals surface area contributed by atoms with Gasteiger partial charge in [0.25, 0.3) is 0 Å². The largest absolute Gasteiger partial charge is 0.346 e. The van der Waals surface area contributed by atoms with Gasteiger partial charge in [-0.3, -0.25) is 4.98 Å². The van der Waals surface area contributed by atoms with E-state index in [-0.39, 0.29) is 12.2 Å². The SMILES string of the molecule is Cn1c(CCS(=O)(=O)Cl)cc2ncc(F)cc21. The highest BCUT2D eigenvalue weighted by atomic mass is 35.7. The van der Waals surface area contributed by atoms with Crippen molar-refractivity contribution in [3.8, 4) is 0 Å². The van der Waals surface area contributed by atoms with Crippen LogP contribution in [0.5, 0.6) is 0 Å². The van der Waals surface area contributed by atoms with Crippen LogP contribution in [0.3, 0.4) is 0 Å². The van der Waals surface area contributed by atoms with Crippen LogP contribution in [0.25, 0.3) is 11.0 Å². The minimum Gasteiger partial charge on any atom is -0.346 e. The zero-order valence-corrected chi connectivity index (χ0v) is 10.6. The molecule has 2 heterocycles. The van der Waals surface area contributed by atoms with Crippen molar-refractivity contribution in [2.75, 3.05) is 5.75 Å². The van der Waals surface area contributed by atoms with Gasteiger partial charge in [0.15, 0.2) is 0 Å². The second-order valence-electron chi connectivity index (χ2n) is 3.75. The maximum Gasteiger partial charge on any atom is 0.232 e. The third-order valence-corrected chi connectivity index (χ3v) is 3.72. The standard InChI is InChI=1S/C10H10ClFN2O2S/c1-14-8(2-3-17(11,15)16)5-9-10(14)4-7(12)6-13-9/h4-6H,2-3H2,1H3. The van der Waals surface area contributed by atoms with Gasteiger partial charge in [-0.25, -0.2) is 12.8 Å². The highest BCUT2D eigenvalue weighted by Gasteiger charge is 2.11. The Labute approximate surface area is 102 Å². The summed E-state index contributed by atoms with van der Waals surface area (Å²) in [5.41, 5.74) is 2.02. The van der Waals surface area contributed by atoms with Crippen molar-refractivity contribution in [3.63, 3.8) is 0 Å². The van der Waals surface area contributed by atoms with Crippen LogP contribution in [-0.2, 0) is 22.5 Å². The Kier molecular flexibility index (Phi) is 3.09. The summed E-state index contributed by atoms with van der Waals surface area (Å²) in [5.74, 6) is -0.573. The predicted octanol–water partition coefficient (Wildman–Crippen LogP) is 1.82. The van der Waals surface area contributed by atoms with Crippen molar-refractivity contribution >= 4 is 30.8 Å². The minimum absolute atomic E-state index is 0.152. The second-order valence-corrected chi connectivity index (χ2v) is 6.64. The number of hydrogen-bond acceptors (Lipinski definition) is 3. The normalized spacial score (nSPS) is 12.2. The lowest BCUT2D eigenvalue weighted by atomic mass is 10.3. The molecule has 17 heavy (non-hydrogen) atoms. The van der Waals surface area contributed by atoms with E-state index < -0.39 is 14.9 Å². The van der Waals surface area contributed by atoms with Crippen LogP contribution < -0.4 is 0 Å². The topological polar surface area (TPSA) is 52.0 Å². The molecule has 2 rings (SSSR count). The van der Waals surface area contributed by atoms with Crippen molar-refractivity contribution in [1.29, 1.82) is 0 Å². The highest BCUT2D eigenvalue weighted by molar-refractivity contribution is 8.13. The first kappa shape index (κ1) is 12.3. The molecule has 0 radical (unpaired) electrons. The van der Waals surface area contributed by atoms with Crippen LogP contribution in [0.4, 0.5) is 4.39 Å². The van der Waals surface area contributed by atoms with Crippen molar-refractivity contribution in [2.45, 2.75) is 6.42 Å². The number of halogens is 2. The Bertz CT molecular complexity index is 666. The Balaban J connectivity index is 2.39. The van der Waals surface area contributed by atoms with Gasteiger partial charge in [0, 0.05) is 35.9 Å². The molecule has 0 N–H and O–H groups in total. The molecule has 0 amide bonds. The van der Waals surface area contributed by atoms with Gasteiger partial charge >= 0.3 is 0 Å². The number of hydrogen-bond donors (Lipinski definition) is 0. The van der Waals surface area contributed by atoms with Gasteiger partial charge in [-0.1, -0.05) is 0 Å². The third-order valence-electron chi connectivity index (χ3n) is 2.56. The Morgan fingerprint density at radius 1 is 1.47 bits per heavy atom. The molecule has 0 bridgehead atoms. The monoisotopic (exact) mass is 276 g/mol. The molecular weight excluding hydrogens is 267 g/mol. The van der Waals surface area contributed by atoms with E-state index in [0.717, 1.165) is 11.9 Å². The molecule has 0 unspecified atom stereocenters. The maximum absolute atomic E-state index is 13.0. The summed E-state index contributed by atoms with van der Waals surface area (Å²) in [6, 6.07) is 3.10. The van der Waals surface area contributed by atoms with E-state index in [1.54, 1.807) is 17.7 Å². The summed E-state index contributed by atoms with van der Waals surface area (Å²) in [5, 5.41) is 0. The summed E-state index contributed by atoms with van der Waals surface area (Å²) < 4.78 is 36.5. The average molecular weight is 277 g/mol. The summed E-state index contributed by atoms with van der Waals surface area (Å²) in [6.45, 7) is 0. The third kappa shape index (κ3) is 2.76. The lowest BCUT2D eigenvalue weighted by Gasteiger charge is -2.02. The van der Waals surface area contributed by atoms with E-state index in [2.05, 4.69) is 4.98 Å². The summed E-state index contributed by atoms with van der Waals surface area (Å²) in [7, 11) is 3.36. The molecule has 92 valence electrons. The molecule has 0 aliphatic heterocycles. The van der Waals surface area contributed by atoms with Gasteiger partial charge in [0.05, 0.1) is 23.0 Å². The van der Waals surface area contributed by atoms with Gasteiger partial charge < -0.3 is 4.57 Å². The molecule has 2 aromatic rings. The van der Waals surface area contributed by atoms with E-state index in [0.29, 0.717) is 11.0 Å². The Morgan fingerprint density at radius 2 is 2.18 bits per heavy atom. The number of aromatic nitrogens is 2. The van der Waals surface area contributed by atoms with E-state index >= 15 is 0 Å². The van der Waals surface area contributed by atoms with E-state index in [1.807, 2.05) is 0 Å². The van der Waals surface area contributed by atoms with Crippen LogP contribution in [-0.4, -0.2) is 23.7 Å². The van der Waals surface area contributed by atoms with E-state index in [1.165, 1.54) is 6.07 Å². The van der Waals surface area contributed by atoms with Crippen molar-refractivity contribution < 1.29 is 12.8 Å². The fourth-order valence-electron chi connectivity index (χ4n) is 1.69. The number of nitrogens with zero attached hydrogens (tertiary/aromatic N) is 2. The zero-order valence-electron chi connectivity index (χ0n) is 9.02. The van der Waals surface area contributed by atoms with E-state index in [9.17, 15) is 12.8 Å². The quantitative estimate of drug-likeness (QED) is 0.804. The molecule has 7 heteroatoms. The number of pyridine rings is 1. The fourth-order valence-corrected chi connectivity index (χ4v) is 2.38. The van der Waals surface area contributed by atoms with Crippen molar-refractivity contribution in [1.82, 2.24) is 9.55 Å². The molecule has 0 aliphatic carbocycles. The first-order chi connectivity index (χ1) is 7.87. The molecule has 0 saturated heterocycles. The molecule has 4 nitrogen and oxygen atoms in total. The molecule has 0 atom stereocenters. The molecule has 0 aromatic carbocycles. The highest BCUT2D eigenvalue weighted by Crippen LogP contribution is 2.18. The number of aryl methyl sites for hydroxylation is 2. The summed E-state index contributed by atoms with van der Waals surface area (Å²) in [6.07, 6.45) is 1.41. The van der Waals surface area contributed by atoms with Crippen molar-refractivity contribution in [3.05, 3.63) is 29.8 Å². The smallest absolute Gasteiger partial charge is 0.232 e. The molecule has 2 aromatic heterocycles. The maximum atomic E-state index is 13.0. The molecule has 0 saturated carbocycles. The van der Waals surface area contributed by atoms with Gasteiger partial charge in [0.2, 0.25) is 9.05 Å². The molecular formula is C10H10ClFN2O2S. The first-order valence-electron chi connectivity index (χ1n) is 4.89. The molecule has 0 aliphatic rings. The summed E-state index contributed by atoms with van der Waals surface area (Å²) in [4.78, 5) is 3.93. The van der Waals surface area contributed by atoms with Crippen LogP contribution in [0.15, 0.2) is 18.3 Å². The van der Waals surface area contributed by atoms with Crippen LogP contribution in [0.1, 0.15) is 5.69 Å². The van der Waals surface area contributed by atoms with Gasteiger partial charge in [-0.15, -0.1) is 0 Å². The lowest BCUT2D eigenvalue weighted by Crippen LogP contribution is -2.04. The Morgan fingerprint density at radius 3 is 2.82 bits per heavy atom. The number of fused-ring (bicyclic) bond motifs is 1. The van der Waals surface area contributed by atoms with E-state index in [4.69, 9.17) is 10.7 Å². The minimum atomic E-state index is -3.52. The second kappa shape index (κ2) is 4.27. The average Bonchev–Trinajstić information content (AvgIpc) is 2.52. The van der Waals surface area contributed by atoms with Crippen LogP contribution in [0.2, 0.25) is 0 Å². The fraction of sp³-hybridized carbons (Fsp3) is 0.300.